The Kier molecular flexibility index (Phi) is 7.24. The molecule has 3 saturated heterocycles. The maximum atomic E-state index is 9.37. The Balaban J connectivity index is 0.000000178. The zero-order valence-electron chi connectivity index (χ0n) is 12.5. The summed E-state index contributed by atoms with van der Waals surface area (Å²) in [6.07, 6.45) is 6.05. The van der Waals surface area contributed by atoms with E-state index in [-0.39, 0.29) is 12.2 Å². The molecule has 0 aromatic carbocycles. The van der Waals surface area contributed by atoms with Gasteiger partial charge in [0, 0.05) is 32.3 Å². The second kappa shape index (κ2) is 8.95. The lowest BCUT2D eigenvalue weighted by Gasteiger charge is -2.38. The van der Waals surface area contributed by atoms with Crippen LogP contribution in [0.2, 0.25) is 0 Å². The van der Waals surface area contributed by atoms with Gasteiger partial charge >= 0.3 is 0 Å². The first-order chi connectivity index (χ1) is 9.75. The van der Waals surface area contributed by atoms with E-state index in [2.05, 4.69) is 10.2 Å². The van der Waals surface area contributed by atoms with Gasteiger partial charge in [-0.1, -0.05) is 0 Å². The number of rotatable bonds is 1. The Labute approximate surface area is 122 Å². The predicted molar refractivity (Wildman–Crippen MR) is 78.8 cm³/mol. The molecule has 0 saturated carbocycles. The highest BCUT2D eigenvalue weighted by Gasteiger charge is 2.25. The summed E-state index contributed by atoms with van der Waals surface area (Å²) < 4.78 is 5.34. The summed E-state index contributed by atoms with van der Waals surface area (Å²) in [6, 6.07) is 0.723. The van der Waals surface area contributed by atoms with E-state index in [1.54, 1.807) is 0 Å². The topological polar surface area (TPSA) is 65.0 Å². The molecule has 3 heterocycles. The van der Waals surface area contributed by atoms with Gasteiger partial charge in [0.05, 0.1) is 12.2 Å². The van der Waals surface area contributed by atoms with E-state index in [0.29, 0.717) is 0 Å². The third-order valence-electron chi connectivity index (χ3n) is 4.51. The van der Waals surface area contributed by atoms with Crippen LogP contribution in [0.5, 0.6) is 0 Å². The quantitative estimate of drug-likeness (QED) is 0.649. The summed E-state index contributed by atoms with van der Waals surface area (Å²) in [4.78, 5) is 2.52. The molecule has 20 heavy (non-hydrogen) atoms. The van der Waals surface area contributed by atoms with Gasteiger partial charge in [0.25, 0.3) is 0 Å². The van der Waals surface area contributed by atoms with E-state index in [1.807, 2.05) is 0 Å². The van der Waals surface area contributed by atoms with Crippen molar-refractivity contribution in [2.24, 2.45) is 0 Å². The third kappa shape index (κ3) is 5.66. The minimum absolute atomic E-state index is 0.0266. The molecule has 0 atom stereocenters. The summed E-state index contributed by atoms with van der Waals surface area (Å²) in [6.45, 7) is 5.97. The highest BCUT2D eigenvalue weighted by atomic mass is 16.5. The fourth-order valence-corrected chi connectivity index (χ4v) is 3.11. The molecule has 5 heteroatoms. The third-order valence-corrected chi connectivity index (χ3v) is 4.51. The molecular weight excluding hydrogens is 256 g/mol. The summed E-state index contributed by atoms with van der Waals surface area (Å²) in [5.74, 6) is 0. The Hall–Kier alpha value is -0.200. The minimum Gasteiger partial charge on any atom is -0.393 e. The summed E-state index contributed by atoms with van der Waals surface area (Å²) >= 11 is 0. The number of aliphatic hydroxyl groups is 2. The number of hydrogen-bond acceptors (Lipinski definition) is 5. The van der Waals surface area contributed by atoms with Gasteiger partial charge in [-0.2, -0.15) is 0 Å². The summed E-state index contributed by atoms with van der Waals surface area (Å²) in [5, 5.41) is 21.4. The van der Waals surface area contributed by atoms with Gasteiger partial charge in [0.1, 0.15) is 0 Å². The van der Waals surface area contributed by atoms with Crippen molar-refractivity contribution in [2.45, 2.75) is 56.8 Å². The molecule has 3 aliphatic heterocycles. The van der Waals surface area contributed by atoms with Crippen LogP contribution in [-0.4, -0.2) is 72.8 Å². The minimum atomic E-state index is -0.0453. The molecule has 118 valence electrons. The van der Waals surface area contributed by atoms with Gasteiger partial charge in [0.2, 0.25) is 0 Å². The highest BCUT2D eigenvalue weighted by molar-refractivity contribution is 4.79. The van der Waals surface area contributed by atoms with Crippen molar-refractivity contribution in [3.8, 4) is 0 Å². The molecule has 0 amide bonds. The molecule has 0 aromatic heterocycles. The van der Waals surface area contributed by atoms with Crippen LogP contribution in [-0.2, 0) is 4.74 Å². The maximum absolute atomic E-state index is 9.37. The van der Waals surface area contributed by atoms with Crippen LogP contribution >= 0.6 is 0 Å². The standard InChI is InChI=1S/C10H19NO2.C5H11NO/c12-10-1-5-11(6-2-10)9-3-7-13-8-4-9;7-5-1-3-6-4-2-5/h9-10,12H,1-8H2;5-7H,1-4H2. The molecule has 3 fully saturated rings. The lowest BCUT2D eigenvalue weighted by atomic mass is 10.0. The normalized spacial score (nSPS) is 27.9. The van der Waals surface area contributed by atoms with E-state index in [0.717, 1.165) is 71.1 Å². The molecule has 0 aliphatic carbocycles. The summed E-state index contributed by atoms with van der Waals surface area (Å²) in [7, 11) is 0. The fraction of sp³-hybridized carbons (Fsp3) is 1.00. The fourth-order valence-electron chi connectivity index (χ4n) is 3.11. The average molecular weight is 286 g/mol. The zero-order chi connectivity index (χ0) is 14.2. The van der Waals surface area contributed by atoms with Gasteiger partial charge in [-0.25, -0.2) is 0 Å². The van der Waals surface area contributed by atoms with E-state index >= 15 is 0 Å². The first-order valence-electron chi connectivity index (χ1n) is 8.14. The molecule has 0 spiro atoms. The number of likely N-dealkylation sites (tertiary alicyclic amines) is 1. The number of nitrogens with zero attached hydrogens (tertiary/aromatic N) is 1. The first-order valence-corrected chi connectivity index (χ1v) is 8.14. The van der Waals surface area contributed by atoms with Crippen molar-refractivity contribution in [1.29, 1.82) is 0 Å². The van der Waals surface area contributed by atoms with Crippen molar-refractivity contribution in [3.05, 3.63) is 0 Å². The summed E-state index contributed by atoms with van der Waals surface area (Å²) in [5.41, 5.74) is 0. The van der Waals surface area contributed by atoms with Crippen molar-refractivity contribution in [1.82, 2.24) is 10.2 Å². The van der Waals surface area contributed by atoms with Gasteiger partial charge in [-0.3, -0.25) is 0 Å². The van der Waals surface area contributed by atoms with Gasteiger partial charge in [0.15, 0.2) is 0 Å². The lowest BCUT2D eigenvalue weighted by molar-refractivity contribution is 0.00552. The molecule has 3 aliphatic rings. The van der Waals surface area contributed by atoms with Crippen LogP contribution in [0.1, 0.15) is 38.5 Å². The molecule has 5 nitrogen and oxygen atoms in total. The Bertz CT molecular complexity index is 246. The van der Waals surface area contributed by atoms with Crippen molar-refractivity contribution >= 4 is 0 Å². The molecule has 0 bridgehead atoms. The Morgan fingerprint density at radius 2 is 1.35 bits per heavy atom. The average Bonchev–Trinajstić information content (AvgIpc) is 2.50. The van der Waals surface area contributed by atoms with Gasteiger partial charge in [-0.05, 0) is 51.6 Å². The van der Waals surface area contributed by atoms with E-state index < -0.39 is 0 Å². The van der Waals surface area contributed by atoms with Gasteiger partial charge < -0.3 is 25.2 Å². The molecule has 0 radical (unpaired) electrons. The van der Waals surface area contributed by atoms with E-state index in [1.165, 1.54) is 12.8 Å². The number of hydrogen-bond donors (Lipinski definition) is 3. The molecule has 0 unspecified atom stereocenters. The van der Waals surface area contributed by atoms with E-state index in [9.17, 15) is 5.11 Å². The second-order valence-corrected chi connectivity index (χ2v) is 6.09. The maximum Gasteiger partial charge on any atom is 0.0564 e. The SMILES string of the molecule is OC1CCN(C2CCOCC2)CC1.OC1CCNCC1. The number of ether oxygens (including phenoxy) is 1. The Morgan fingerprint density at radius 1 is 0.800 bits per heavy atom. The van der Waals surface area contributed by atoms with Crippen LogP contribution in [0.25, 0.3) is 0 Å². The zero-order valence-corrected chi connectivity index (χ0v) is 12.5. The van der Waals surface area contributed by atoms with Crippen molar-refractivity contribution < 1.29 is 14.9 Å². The van der Waals surface area contributed by atoms with Crippen molar-refractivity contribution in [3.63, 3.8) is 0 Å². The van der Waals surface area contributed by atoms with Crippen LogP contribution in [0.4, 0.5) is 0 Å². The smallest absolute Gasteiger partial charge is 0.0564 e. The highest BCUT2D eigenvalue weighted by Crippen LogP contribution is 2.19. The van der Waals surface area contributed by atoms with Crippen LogP contribution < -0.4 is 5.32 Å². The monoisotopic (exact) mass is 286 g/mol. The van der Waals surface area contributed by atoms with Crippen LogP contribution in [0.3, 0.4) is 0 Å². The molecule has 3 N–H and O–H groups in total. The van der Waals surface area contributed by atoms with E-state index in [4.69, 9.17) is 9.84 Å². The van der Waals surface area contributed by atoms with Crippen molar-refractivity contribution in [2.75, 3.05) is 39.4 Å². The predicted octanol–water partition coefficient (Wildman–Crippen LogP) is 0.353. The first kappa shape index (κ1) is 16.2. The molecular formula is C15H30N2O3. The second-order valence-electron chi connectivity index (χ2n) is 6.09. The molecule has 0 aromatic rings. The lowest BCUT2D eigenvalue weighted by Crippen LogP contribution is -2.45. The molecule has 3 rings (SSSR count). The number of aliphatic hydroxyl groups excluding tert-OH is 2. The number of nitrogens with one attached hydrogen (secondary N) is 1. The van der Waals surface area contributed by atoms with Crippen LogP contribution in [0, 0.1) is 0 Å². The van der Waals surface area contributed by atoms with Crippen LogP contribution in [0.15, 0.2) is 0 Å². The largest absolute Gasteiger partial charge is 0.393 e. The Morgan fingerprint density at radius 3 is 1.85 bits per heavy atom. The van der Waals surface area contributed by atoms with Gasteiger partial charge in [-0.15, -0.1) is 0 Å². The number of piperidine rings is 2.